The number of fused-ring (bicyclic) bond motifs is 3. The van der Waals surface area contributed by atoms with Crippen LogP contribution in [-0.4, -0.2) is 64.7 Å². The maximum atomic E-state index is 13.5. The highest BCUT2D eigenvalue weighted by atomic mass is 32.2. The molecule has 5 atom stereocenters. The van der Waals surface area contributed by atoms with Gasteiger partial charge in [-0.2, -0.15) is 5.26 Å². The first-order valence-electron chi connectivity index (χ1n) is 11.2. The highest BCUT2D eigenvalue weighted by Gasteiger charge is 2.55. The Hall–Kier alpha value is -3.89. The van der Waals surface area contributed by atoms with Crippen LogP contribution < -0.4 is 10.3 Å². The molecule has 1 aromatic heterocycles. The fraction of sp³-hybridized carbons (Fsp3) is 0.417. The van der Waals surface area contributed by atoms with Gasteiger partial charge < -0.3 is 23.7 Å². The maximum Gasteiger partial charge on any atom is 0.303 e. The van der Waals surface area contributed by atoms with Crippen LogP contribution in [0, 0.1) is 11.3 Å². The quantitative estimate of drug-likeness (QED) is 0.303. The van der Waals surface area contributed by atoms with Gasteiger partial charge in [-0.05, 0) is 24.3 Å². The fourth-order valence-corrected chi connectivity index (χ4v) is 5.56. The van der Waals surface area contributed by atoms with Crippen LogP contribution in [0.5, 0.6) is 5.75 Å². The molecule has 37 heavy (non-hydrogen) atoms. The smallest absolute Gasteiger partial charge is 0.303 e. The number of aromatic nitrogens is 2. The molecule has 0 aliphatic carbocycles. The summed E-state index contributed by atoms with van der Waals surface area (Å²) in [5, 5.41) is 9.31. The van der Waals surface area contributed by atoms with E-state index >= 15 is 0 Å². The van der Waals surface area contributed by atoms with Gasteiger partial charge in [0.25, 0.3) is 5.56 Å². The molecule has 0 spiro atoms. The highest BCUT2D eigenvalue weighted by molar-refractivity contribution is 8.00. The average molecular weight is 530 g/mol. The van der Waals surface area contributed by atoms with Gasteiger partial charge in [-0.1, -0.05) is 11.8 Å². The number of benzene rings is 1. The number of rotatable bonds is 6. The molecule has 2 aliphatic rings. The molecule has 2 aromatic rings. The topological polar surface area (TPSA) is 156 Å². The number of esters is 3. The highest BCUT2D eigenvalue weighted by Crippen LogP contribution is 2.47. The monoisotopic (exact) mass is 529 g/mol. The summed E-state index contributed by atoms with van der Waals surface area (Å²) in [5.74, 6) is -1.33. The molecule has 4 rings (SSSR count). The Morgan fingerprint density at radius 3 is 2.30 bits per heavy atom. The minimum absolute atomic E-state index is 0.171. The van der Waals surface area contributed by atoms with E-state index in [2.05, 4.69) is 4.98 Å². The Labute approximate surface area is 215 Å². The van der Waals surface area contributed by atoms with E-state index in [1.807, 2.05) is 6.07 Å². The predicted molar refractivity (Wildman–Crippen MR) is 126 cm³/mol. The molecule has 13 heteroatoms. The van der Waals surface area contributed by atoms with Gasteiger partial charge in [-0.15, -0.1) is 0 Å². The third kappa shape index (κ3) is 5.16. The van der Waals surface area contributed by atoms with Gasteiger partial charge in [0.05, 0.1) is 18.1 Å². The number of hydrogen-bond donors (Lipinski definition) is 0. The molecule has 3 heterocycles. The largest absolute Gasteiger partial charge is 0.497 e. The van der Waals surface area contributed by atoms with Crippen molar-refractivity contribution >= 4 is 29.7 Å². The number of nitrogens with zero attached hydrogens (tertiary/aromatic N) is 3. The summed E-state index contributed by atoms with van der Waals surface area (Å²) in [6.45, 7) is 3.25. The lowest BCUT2D eigenvalue weighted by Crippen LogP contribution is -2.58. The van der Waals surface area contributed by atoms with Crippen molar-refractivity contribution in [2.24, 2.45) is 0 Å². The molecule has 0 N–H and O–H groups in total. The Bertz CT molecular complexity index is 1330. The zero-order valence-corrected chi connectivity index (χ0v) is 21.1. The summed E-state index contributed by atoms with van der Waals surface area (Å²) in [6.07, 6.45) is -4.31. The molecule has 0 saturated carbocycles. The van der Waals surface area contributed by atoms with Crippen LogP contribution >= 0.6 is 11.8 Å². The molecule has 1 fully saturated rings. The van der Waals surface area contributed by atoms with Gasteiger partial charge in [0.1, 0.15) is 30.1 Å². The van der Waals surface area contributed by atoms with Gasteiger partial charge in [-0.3, -0.25) is 23.7 Å². The van der Waals surface area contributed by atoms with Gasteiger partial charge in [0, 0.05) is 26.3 Å². The van der Waals surface area contributed by atoms with Crippen LogP contribution in [0.15, 0.2) is 34.2 Å². The summed E-state index contributed by atoms with van der Waals surface area (Å²) in [4.78, 5) is 53.5. The maximum absolute atomic E-state index is 13.5. The second-order valence-corrected chi connectivity index (χ2v) is 9.38. The van der Waals surface area contributed by atoms with E-state index in [0.717, 1.165) is 11.8 Å². The zero-order chi connectivity index (χ0) is 26.9. The van der Waals surface area contributed by atoms with Gasteiger partial charge in [0.2, 0.25) is 0 Å². The first-order chi connectivity index (χ1) is 17.6. The average Bonchev–Trinajstić information content (AvgIpc) is 3.22. The second kappa shape index (κ2) is 10.6. The molecule has 0 unspecified atom stereocenters. The molecule has 194 valence electrons. The minimum Gasteiger partial charge on any atom is -0.497 e. The van der Waals surface area contributed by atoms with Gasteiger partial charge in [-0.25, -0.2) is 4.98 Å². The van der Waals surface area contributed by atoms with Crippen LogP contribution in [0.2, 0.25) is 0 Å². The van der Waals surface area contributed by atoms with E-state index in [1.54, 1.807) is 24.3 Å². The lowest BCUT2D eigenvalue weighted by atomic mass is 9.99. The minimum atomic E-state index is -1.13. The van der Waals surface area contributed by atoms with Crippen LogP contribution in [0.4, 0.5) is 0 Å². The molecule has 0 bridgehead atoms. The molecule has 12 nitrogen and oxygen atoms in total. The van der Waals surface area contributed by atoms with Crippen LogP contribution in [0.3, 0.4) is 0 Å². The second-order valence-electron chi connectivity index (χ2n) is 8.23. The van der Waals surface area contributed by atoms with Crippen molar-refractivity contribution in [2.45, 2.75) is 55.7 Å². The standard InChI is InChI=1S/C24H23N3O9S/c1-11(28)33-10-17-19(34-12(2)29)20(35-13(3)30)21-23(36-17)27-22(31)16(9-25)18(26-24(27)37-21)14-5-7-15(32-4)8-6-14/h5-8,17,19-21,23H,10H2,1-4H3/t17-,19-,20+,21+,23-/m1/s1. The Kier molecular flexibility index (Phi) is 7.51. The summed E-state index contributed by atoms with van der Waals surface area (Å²) < 4.78 is 28.5. The lowest BCUT2D eigenvalue weighted by Gasteiger charge is -2.42. The van der Waals surface area contributed by atoms with Crippen molar-refractivity contribution in [1.29, 1.82) is 5.26 Å². The van der Waals surface area contributed by atoms with E-state index in [9.17, 15) is 24.4 Å². The van der Waals surface area contributed by atoms with Crippen molar-refractivity contribution in [1.82, 2.24) is 9.55 Å². The van der Waals surface area contributed by atoms with E-state index in [0.29, 0.717) is 11.3 Å². The number of hydrogen-bond acceptors (Lipinski definition) is 12. The summed E-state index contributed by atoms with van der Waals surface area (Å²) in [6, 6.07) is 8.64. The predicted octanol–water partition coefficient (Wildman–Crippen LogP) is 1.59. The lowest BCUT2D eigenvalue weighted by molar-refractivity contribution is -0.223. The van der Waals surface area contributed by atoms with Crippen molar-refractivity contribution in [3.8, 4) is 23.1 Å². The van der Waals surface area contributed by atoms with E-state index < -0.39 is 53.3 Å². The zero-order valence-electron chi connectivity index (χ0n) is 20.3. The number of carbonyl (C=O) groups is 3. The van der Waals surface area contributed by atoms with Crippen molar-refractivity contribution in [2.75, 3.05) is 13.7 Å². The Balaban J connectivity index is 1.81. The van der Waals surface area contributed by atoms with Crippen LogP contribution in [0.1, 0.15) is 32.6 Å². The molecule has 1 saturated heterocycles. The summed E-state index contributed by atoms with van der Waals surface area (Å²) >= 11 is 1.09. The Morgan fingerprint density at radius 1 is 1.08 bits per heavy atom. The van der Waals surface area contributed by atoms with E-state index in [1.165, 1.54) is 32.4 Å². The van der Waals surface area contributed by atoms with Crippen LogP contribution in [0.25, 0.3) is 11.3 Å². The van der Waals surface area contributed by atoms with Crippen molar-refractivity contribution in [3.05, 3.63) is 40.2 Å². The molecule has 1 aromatic carbocycles. The Morgan fingerprint density at radius 2 is 1.73 bits per heavy atom. The molecule has 0 radical (unpaired) electrons. The van der Waals surface area contributed by atoms with Crippen molar-refractivity contribution in [3.63, 3.8) is 0 Å². The number of nitriles is 1. The number of methoxy groups -OCH3 is 1. The SMILES string of the molecule is COc1ccc(-c2nc3n(c(=O)c2C#N)[C@@H]2O[C@H](COC(C)=O)[C@@H](OC(C)=O)[C@H](OC(C)=O)[C@@H]2S3)cc1. The first-order valence-corrected chi connectivity index (χ1v) is 12.0. The van der Waals surface area contributed by atoms with E-state index in [4.69, 9.17) is 23.7 Å². The third-order valence-electron chi connectivity index (χ3n) is 5.72. The molecule has 0 amide bonds. The van der Waals surface area contributed by atoms with Gasteiger partial charge >= 0.3 is 17.9 Å². The number of thioether (sulfide) groups is 1. The van der Waals surface area contributed by atoms with Gasteiger partial charge in [0.15, 0.2) is 23.6 Å². The number of ether oxygens (including phenoxy) is 5. The molecular formula is C24H23N3O9S. The fourth-order valence-electron chi connectivity index (χ4n) is 4.22. The summed E-state index contributed by atoms with van der Waals surface area (Å²) in [7, 11) is 1.52. The third-order valence-corrected chi connectivity index (χ3v) is 6.99. The van der Waals surface area contributed by atoms with Crippen molar-refractivity contribution < 1.29 is 38.1 Å². The first kappa shape index (κ1) is 26.2. The molecular weight excluding hydrogens is 506 g/mol. The number of carbonyl (C=O) groups excluding carboxylic acids is 3. The molecule has 2 aliphatic heterocycles. The normalized spacial score (nSPS) is 23.7. The van der Waals surface area contributed by atoms with Crippen LogP contribution in [-0.2, 0) is 33.3 Å². The summed E-state index contributed by atoms with van der Waals surface area (Å²) in [5.41, 5.74) is -0.167. The van der Waals surface area contributed by atoms with E-state index in [-0.39, 0.29) is 23.0 Å².